The van der Waals surface area contributed by atoms with Crippen molar-refractivity contribution < 1.29 is 19.2 Å². The molecule has 0 spiro atoms. The van der Waals surface area contributed by atoms with Gasteiger partial charge in [-0.05, 0) is 19.3 Å². The highest BCUT2D eigenvalue weighted by atomic mass is 16.5. The second kappa shape index (κ2) is 5.03. The van der Waals surface area contributed by atoms with Gasteiger partial charge in [-0.25, -0.2) is 0 Å². The van der Waals surface area contributed by atoms with Crippen LogP contribution in [0.1, 0.15) is 43.7 Å². The molecule has 1 aliphatic carbocycles. The largest absolute Gasteiger partial charge is 0.480 e. The van der Waals surface area contributed by atoms with E-state index in [4.69, 9.17) is 9.63 Å². The SMILES string of the molecule is CCc1noc(CC)c1CNC(=O)C1(C(=O)O)CC1. The highest BCUT2D eigenvalue weighted by Crippen LogP contribution is 2.46. The minimum absolute atomic E-state index is 0.281. The van der Waals surface area contributed by atoms with Gasteiger partial charge in [0.05, 0.1) is 5.69 Å². The van der Waals surface area contributed by atoms with Crippen LogP contribution in [0.3, 0.4) is 0 Å². The van der Waals surface area contributed by atoms with Crippen LogP contribution < -0.4 is 5.32 Å². The fourth-order valence-corrected chi connectivity index (χ4v) is 2.14. The predicted octanol–water partition coefficient (Wildman–Crippen LogP) is 1.28. The van der Waals surface area contributed by atoms with Crippen molar-refractivity contribution in [2.24, 2.45) is 5.41 Å². The molecule has 0 atom stereocenters. The lowest BCUT2D eigenvalue weighted by atomic mass is 10.1. The Labute approximate surface area is 111 Å². The Morgan fingerprint density at radius 2 is 2.05 bits per heavy atom. The molecule has 1 aromatic heterocycles. The van der Waals surface area contributed by atoms with Gasteiger partial charge in [0.25, 0.3) is 0 Å². The molecule has 6 nitrogen and oxygen atoms in total. The first-order valence-electron chi connectivity index (χ1n) is 6.53. The summed E-state index contributed by atoms with van der Waals surface area (Å²) in [7, 11) is 0. The molecule has 0 aromatic carbocycles. The first-order chi connectivity index (χ1) is 9.05. The molecule has 1 saturated carbocycles. The van der Waals surface area contributed by atoms with Crippen molar-refractivity contribution in [1.29, 1.82) is 0 Å². The van der Waals surface area contributed by atoms with Crippen LogP contribution in [0.25, 0.3) is 0 Å². The maximum atomic E-state index is 11.9. The van der Waals surface area contributed by atoms with Gasteiger partial charge in [-0.2, -0.15) is 0 Å². The normalized spacial score (nSPS) is 16.1. The number of carboxylic acid groups (broad SMARTS) is 1. The van der Waals surface area contributed by atoms with Crippen LogP contribution in [0.2, 0.25) is 0 Å². The predicted molar refractivity (Wildman–Crippen MR) is 66.4 cm³/mol. The van der Waals surface area contributed by atoms with E-state index in [1.54, 1.807) is 0 Å². The van der Waals surface area contributed by atoms with Gasteiger partial charge < -0.3 is 14.9 Å². The number of carbonyl (C=O) groups is 2. The summed E-state index contributed by atoms with van der Waals surface area (Å²) < 4.78 is 5.20. The maximum absolute atomic E-state index is 11.9. The highest BCUT2D eigenvalue weighted by Gasteiger charge is 2.57. The smallest absolute Gasteiger partial charge is 0.319 e. The summed E-state index contributed by atoms with van der Waals surface area (Å²) in [6.45, 7) is 4.19. The first-order valence-corrected chi connectivity index (χ1v) is 6.53. The van der Waals surface area contributed by atoms with Gasteiger partial charge in [-0.3, -0.25) is 9.59 Å². The number of aryl methyl sites for hydroxylation is 2. The molecule has 0 radical (unpaired) electrons. The summed E-state index contributed by atoms with van der Waals surface area (Å²) in [5.74, 6) is -0.704. The Bertz CT molecular complexity index is 481. The fourth-order valence-electron chi connectivity index (χ4n) is 2.14. The second-order valence-electron chi connectivity index (χ2n) is 4.81. The van der Waals surface area contributed by atoms with E-state index < -0.39 is 17.3 Å². The number of amides is 1. The maximum Gasteiger partial charge on any atom is 0.319 e. The Hall–Kier alpha value is -1.85. The number of nitrogens with zero attached hydrogens (tertiary/aromatic N) is 1. The number of rotatable bonds is 6. The van der Waals surface area contributed by atoms with Crippen molar-refractivity contribution in [2.75, 3.05) is 0 Å². The van der Waals surface area contributed by atoms with E-state index in [9.17, 15) is 9.59 Å². The highest BCUT2D eigenvalue weighted by molar-refractivity contribution is 6.04. The van der Waals surface area contributed by atoms with E-state index in [0.29, 0.717) is 19.3 Å². The number of aliphatic carboxylic acids is 1. The van der Waals surface area contributed by atoms with Crippen molar-refractivity contribution >= 4 is 11.9 Å². The Kier molecular flexibility index (Phi) is 3.59. The molecule has 0 unspecified atom stereocenters. The zero-order valence-corrected chi connectivity index (χ0v) is 11.2. The molecule has 1 amide bonds. The number of hydrogen-bond acceptors (Lipinski definition) is 4. The van der Waals surface area contributed by atoms with Crippen LogP contribution in [0.15, 0.2) is 4.52 Å². The van der Waals surface area contributed by atoms with Gasteiger partial charge in [-0.15, -0.1) is 0 Å². The van der Waals surface area contributed by atoms with E-state index in [1.807, 2.05) is 13.8 Å². The minimum Gasteiger partial charge on any atom is -0.480 e. The zero-order chi connectivity index (χ0) is 14.0. The summed E-state index contributed by atoms with van der Waals surface area (Å²) in [6.07, 6.45) is 2.25. The summed E-state index contributed by atoms with van der Waals surface area (Å²) in [4.78, 5) is 23.0. The van der Waals surface area contributed by atoms with Gasteiger partial charge in [0, 0.05) is 18.5 Å². The van der Waals surface area contributed by atoms with E-state index in [1.165, 1.54) is 0 Å². The molecule has 19 heavy (non-hydrogen) atoms. The van der Waals surface area contributed by atoms with Crippen molar-refractivity contribution in [3.63, 3.8) is 0 Å². The van der Waals surface area contributed by atoms with Gasteiger partial charge in [0.15, 0.2) is 0 Å². The van der Waals surface area contributed by atoms with Gasteiger partial charge in [0.1, 0.15) is 11.2 Å². The fraction of sp³-hybridized carbons (Fsp3) is 0.615. The number of hydrogen-bond donors (Lipinski definition) is 2. The molecule has 0 bridgehead atoms. The van der Waals surface area contributed by atoms with Crippen molar-refractivity contribution in [2.45, 2.75) is 46.1 Å². The van der Waals surface area contributed by atoms with E-state index in [2.05, 4.69) is 10.5 Å². The summed E-state index contributed by atoms with van der Waals surface area (Å²) in [5, 5.41) is 15.7. The topological polar surface area (TPSA) is 92.4 Å². The average Bonchev–Trinajstić information content (AvgIpc) is 3.12. The van der Waals surface area contributed by atoms with Crippen molar-refractivity contribution in [3.8, 4) is 0 Å². The molecule has 1 aliphatic rings. The molecular formula is C13H18N2O4. The third-order valence-electron chi connectivity index (χ3n) is 3.63. The van der Waals surface area contributed by atoms with Crippen LogP contribution in [-0.2, 0) is 29.0 Å². The van der Waals surface area contributed by atoms with Crippen LogP contribution in [0.4, 0.5) is 0 Å². The molecule has 2 rings (SSSR count). The summed E-state index contributed by atoms with van der Waals surface area (Å²) in [5.41, 5.74) is 0.493. The van der Waals surface area contributed by atoms with E-state index in [-0.39, 0.29) is 6.54 Å². The van der Waals surface area contributed by atoms with Crippen LogP contribution in [-0.4, -0.2) is 22.1 Å². The number of carboxylic acids is 1. The quantitative estimate of drug-likeness (QED) is 0.757. The van der Waals surface area contributed by atoms with Crippen molar-refractivity contribution in [3.05, 3.63) is 17.0 Å². The standard InChI is InChI=1S/C13H18N2O4/c1-3-9-8(10(4-2)19-15-9)7-14-11(16)13(5-6-13)12(17)18/h3-7H2,1-2H3,(H,14,16)(H,17,18). The molecule has 0 aliphatic heterocycles. The Balaban J connectivity index is 2.05. The lowest BCUT2D eigenvalue weighted by Gasteiger charge is -2.10. The first kappa shape index (κ1) is 13.6. The van der Waals surface area contributed by atoms with Gasteiger partial charge in [0.2, 0.25) is 5.91 Å². The van der Waals surface area contributed by atoms with E-state index >= 15 is 0 Å². The lowest BCUT2D eigenvalue weighted by Crippen LogP contribution is -2.36. The van der Waals surface area contributed by atoms with Crippen LogP contribution >= 0.6 is 0 Å². The van der Waals surface area contributed by atoms with Gasteiger partial charge >= 0.3 is 5.97 Å². The average molecular weight is 266 g/mol. The van der Waals surface area contributed by atoms with Crippen LogP contribution in [0, 0.1) is 5.41 Å². The molecule has 6 heteroatoms. The molecule has 1 heterocycles. The van der Waals surface area contributed by atoms with Crippen molar-refractivity contribution in [1.82, 2.24) is 10.5 Å². The number of carbonyl (C=O) groups excluding carboxylic acids is 1. The van der Waals surface area contributed by atoms with Gasteiger partial charge in [-0.1, -0.05) is 19.0 Å². The zero-order valence-electron chi connectivity index (χ0n) is 11.2. The molecule has 0 saturated heterocycles. The number of aromatic nitrogens is 1. The third kappa shape index (κ3) is 2.34. The molecule has 1 aromatic rings. The summed E-state index contributed by atoms with van der Waals surface area (Å²) >= 11 is 0. The third-order valence-corrected chi connectivity index (χ3v) is 3.63. The van der Waals surface area contributed by atoms with Crippen LogP contribution in [0.5, 0.6) is 0 Å². The Morgan fingerprint density at radius 1 is 1.37 bits per heavy atom. The molecular weight excluding hydrogens is 248 g/mol. The molecule has 104 valence electrons. The monoisotopic (exact) mass is 266 g/mol. The Morgan fingerprint density at radius 3 is 2.53 bits per heavy atom. The lowest BCUT2D eigenvalue weighted by molar-refractivity contribution is -0.149. The minimum atomic E-state index is -1.20. The summed E-state index contributed by atoms with van der Waals surface area (Å²) in [6, 6.07) is 0. The van der Waals surface area contributed by atoms with E-state index in [0.717, 1.165) is 23.4 Å². The molecule has 2 N–H and O–H groups in total. The second-order valence-corrected chi connectivity index (χ2v) is 4.81. The molecule has 1 fully saturated rings. The number of nitrogens with one attached hydrogen (secondary N) is 1.